The minimum Gasteiger partial charge on any atom is -0.392 e. The first kappa shape index (κ1) is 34.0. The molecule has 0 radical (unpaired) electrons. The Balaban J connectivity index is 1.10. The third kappa shape index (κ3) is 9.84. The molecule has 2 heterocycles. The molecule has 0 spiro atoms. The lowest BCUT2D eigenvalue weighted by atomic mass is 9.99. The van der Waals surface area contributed by atoms with Crippen LogP contribution in [0.2, 0.25) is 0 Å². The Morgan fingerprint density at radius 3 is 2.22 bits per heavy atom. The van der Waals surface area contributed by atoms with Crippen LogP contribution in [0.25, 0.3) is 11.1 Å². The highest BCUT2D eigenvalue weighted by atomic mass is 16.7. The van der Waals surface area contributed by atoms with Crippen LogP contribution in [0.4, 0.5) is 4.79 Å². The van der Waals surface area contributed by atoms with Crippen molar-refractivity contribution >= 4 is 6.03 Å². The van der Waals surface area contributed by atoms with Crippen LogP contribution < -0.4 is 10.6 Å². The number of urea groups is 1. The third-order valence-corrected chi connectivity index (χ3v) is 8.80. The third-order valence-electron chi connectivity index (χ3n) is 8.80. The topological polar surface area (TPSA) is 96.0 Å². The van der Waals surface area contributed by atoms with Crippen LogP contribution in [-0.2, 0) is 35.6 Å². The first-order valence-electron chi connectivity index (χ1n) is 16.9. The number of carbonyl (C=O) groups is 1. The van der Waals surface area contributed by atoms with Crippen LogP contribution >= 0.6 is 0 Å². The van der Waals surface area contributed by atoms with Gasteiger partial charge in [-0.25, -0.2) is 4.79 Å². The van der Waals surface area contributed by atoms with E-state index < -0.39 is 6.29 Å². The SMILES string of the molecule is CN(CCc1ccccn1)C[C@H]1C[C@@H](c2ccc(CO)cc2)O[C@@H](c2ccc(-c3cccc(CNC(=O)NCc4ccccc4)c3)cc2)O1. The van der Waals surface area contributed by atoms with Gasteiger partial charge in [-0.1, -0.05) is 103 Å². The number of carbonyl (C=O) groups excluding carboxylic acids is 1. The van der Waals surface area contributed by atoms with Crippen molar-refractivity contribution < 1.29 is 19.4 Å². The van der Waals surface area contributed by atoms with E-state index in [2.05, 4.69) is 70.0 Å². The molecule has 1 fully saturated rings. The summed E-state index contributed by atoms with van der Waals surface area (Å²) in [6, 6.07) is 40.2. The van der Waals surface area contributed by atoms with Gasteiger partial charge in [0, 0.05) is 56.5 Å². The second kappa shape index (κ2) is 17.0. The molecule has 1 aliphatic rings. The van der Waals surface area contributed by atoms with Crippen molar-refractivity contribution in [2.45, 2.75) is 51.0 Å². The zero-order chi connectivity index (χ0) is 33.8. The highest BCUT2D eigenvalue weighted by molar-refractivity contribution is 5.74. The normalized spacial score (nSPS) is 17.5. The molecule has 2 amide bonds. The second-order valence-corrected chi connectivity index (χ2v) is 12.5. The summed E-state index contributed by atoms with van der Waals surface area (Å²) in [4.78, 5) is 19.2. The largest absolute Gasteiger partial charge is 0.392 e. The molecule has 252 valence electrons. The van der Waals surface area contributed by atoms with Gasteiger partial charge in [0.1, 0.15) is 0 Å². The van der Waals surface area contributed by atoms with Gasteiger partial charge in [-0.3, -0.25) is 4.98 Å². The molecule has 0 bridgehead atoms. The average molecular weight is 657 g/mol. The van der Waals surface area contributed by atoms with Crippen molar-refractivity contribution in [2.75, 3.05) is 20.1 Å². The summed E-state index contributed by atoms with van der Waals surface area (Å²) in [5, 5.41) is 15.4. The van der Waals surface area contributed by atoms with Crippen LogP contribution in [-0.4, -0.2) is 47.3 Å². The Labute approximate surface area is 288 Å². The number of nitrogens with one attached hydrogen (secondary N) is 2. The van der Waals surface area contributed by atoms with Crippen molar-refractivity contribution in [2.24, 2.45) is 0 Å². The molecule has 0 aliphatic carbocycles. The molecule has 3 atom stereocenters. The van der Waals surface area contributed by atoms with Gasteiger partial charge in [0.15, 0.2) is 6.29 Å². The fraction of sp³-hybridized carbons (Fsp3) is 0.268. The summed E-state index contributed by atoms with van der Waals surface area (Å²) in [6.07, 6.45) is 2.73. The Hall–Kier alpha value is -4.86. The average Bonchev–Trinajstić information content (AvgIpc) is 3.16. The number of pyridine rings is 1. The van der Waals surface area contributed by atoms with Gasteiger partial charge in [0.2, 0.25) is 0 Å². The number of ether oxygens (including phenoxy) is 2. The molecular formula is C41H44N4O4. The number of amides is 2. The fourth-order valence-electron chi connectivity index (χ4n) is 6.04. The minimum absolute atomic E-state index is 0.0110. The van der Waals surface area contributed by atoms with E-state index in [9.17, 15) is 9.90 Å². The van der Waals surface area contributed by atoms with Crippen molar-refractivity contribution in [3.8, 4) is 11.1 Å². The first-order chi connectivity index (χ1) is 24.0. The van der Waals surface area contributed by atoms with Gasteiger partial charge in [-0.15, -0.1) is 0 Å². The van der Waals surface area contributed by atoms with Crippen LogP contribution in [0.15, 0.2) is 128 Å². The summed E-state index contributed by atoms with van der Waals surface area (Å²) in [6.45, 7) is 2.56. The van der Waals surface area contributed by atoms with E-state index >= 15 is 0 Å². The number of hydrogen-bond acceptors (Lipinski definition) is 6. The fourth-order valence-corrected chi connectivity index (χ4v) is 6.04. The Morgan fingerprint density at radius 2 is 1.49 bits per heavy atom. The van der Waals surface area contributed by atoms with Gasteiger partial charge in [0.05, 0.1) is 18.8 Å². The van der Waals surface area contributed by atoms with Crippen LogP contribution in [0, 0.1) is 0 Å². The number of nitrogens with zero attached hydrogens (tertiary/aromatic N) is 2. The lowest BCUT2D eigenvalue weighted by Gasteiger charge is -2.38. The van der Waals surface area contributed by atoms with E-state index in [0.717, 1.165) is 70.6 Å². The molecule has 0 unspecified atom stereocenters. The van der Waals surface area contributed by atoms with E-state index in [1.807, 2.05) is 85.1 Å². The zero-order valence-electron chi connectivity index (χ0n) is 27.9. The number of rotatable bonds is 13. The number of benzene rings is 4. The molecule has 6 rings (SSSR count). The van der Waals surface area contributed by atoms with Crippen LogP contribution in [0.5, 0.6) is 0 Å². The molecule has 1 aliphatic heterocycles. The summed E-state index contributed by atoms with van der Waals surface area (Å²) in [7, 11) is 2.12. The lowest BCUT2D eigenvalue weighted by molar-refractivity contribution is -0.252. The van der Waals surface area contributed by atoms with Gasteiger partial charge in [-0.05, 0) is 58.6 Å². The number of aromatic nitrogens is 1. The summed E-state index contributed by atoms with van der Waals surface area (Å²) in [5.74, 6) is 0. The number of likely N-dealkylation sites (N-methyl/N-ethyl adjacent to an activating group) is 1. The molecule has 8 heteroatoms. The van der Waals surface area contributed by atoms with E-state index in [4.69, 9.17) is 9.47 Å². The molecule has 49 heavy (non-hydrogen) atoms. The van der Waals surface area contributed by atoms with Gasteiger partial charge in [-0.2, -0.15) is 0 Å². The molecule has 3 N–H and O–H groups in total. The lowest BCUT2D eigenvalue weighted by Crippen LogP contribution is -2.38. The standard InChI is InChI=1S/C41H44N4O4/c1-45(23-21-37-12-5-6-22-42-37)28-38-25-39(34-15-13-31(29-46)14-16-34)49-40(48-38)35-19-17-33(18-20-35)36-11-7-10-32(24-36)27-44-41(47)43-26-30-8-3-2-4-9-30/h2-20,22,24,38-40,46H,21,23,25-29H2,1H3,(H2,43,44,47)/t38-,39+,40+/m1/s1. The molecule has 1 aromatic heterocycles. The highest BCUT2D eigenvalue weighted by Gasteiger charge is 2.32. The monoisotopic (exact) mass is 656 g/mol. The zero-order valence-corrected chi connectivity index (χ0v) is 27.9. The first-order valence-corrected chi connectivity index (χ1v) is 16.9. The predicted molar refractivity (Wildman–Crippen MR) is 191 cm³/mol. The van der Waals surface area contributed by atoms with Crippen molar-refractivity contribution in [1.29, 1.82) is 0 Å². The van der Waals surface area contributed by atoms with E-state index in [1.54, 1.807) is 0 Å². The van der Waals surface area contributed by atoms with Gasteiger partial charge in [0.25, 0.3) is 0 Å². The summed E-state index contributed by atoms with van der Waals surface area (Å²) >= 11 is 0. The number of aliphatic hydroxyl groups excluding tert-OH is 1. The molecule has 1 saturated heterocycles. The van der Waals surface area contributed by atoms with Crippen LogP contribution in [0.3, 0.4) is 0 Å². The summed E-state index contributed by atoms with van der Waals surface area (Å²) in [5.41, 5.74) is 8.18. The molecule has 5 aromatic rings. The Kier molecular flexibility index (Phi) is 11.8. The van der Waals surface area contributed by atoms with Crippen molar-refractivity contribution in [1.82, 2.24) is 20.5 Å². The highest BCUT2D eigenvalue weighted by Crippen LogP contribution is 2.38. The maximum Gasteiger partial charge on any atom is 0.315 e. The molecule has 8 nitrogen and oxygen atoms in total. The Morgan fingerprint density at radius 1 is 0.776 bits per heavy atom. The number of aliphatic hydroxyl groups is 1. The van der Waals surface area contributed by atoms with Crippen molar-refractivity contribution in [3.05, 3.63) is 161 Å². The summed E-state index contributed by atoms with van der Waals surface area (Å²) < 4.78 is 13.2. The van der Waals surface area contributed by atoms with E-state index in [1.165, 1.54) is 0 Å². The van der Waals surface area contributed by atoms with Gasteiger partial charge >= 0.3 is 6.03 Å². The number of hydrogen-bond donors (Lipinski definition) is 3. The maximum atomic E-state index is 12.4. The maximum absolute atomic E-state index is 12.4. The Bertz CT molecular complexity index is 1750. The smallest absolute Gasteiger partial charge is 0.315 e. The predicted octanol–water partition coefficient (Wildman–Crippen LogP) is 6.96. The van der Waals surface area contributed by atoms with E-state index in [0.29, 0.717) is 13.1 Å². The van der Waals surface area contributed by atoms with Crippen LogP contribution in [0.1, 0.15) is 52.3 Å². The van der Waals surface area contributed by atoms with Gasteiger partial charge < -0.3 is 30.1 Å². The van der Waals surface area contributed by atoms with E-state index in [-0.39, 0.29) is 24.8 Å². The molecule has 0 saturated carbocycles. The minimum atomic E-state index is -0.524. The molecular weight excluding hydrogens is 612 g/mol. The second-order valence-electron chi connectivity index (χ2n) is 12.5. The molecule has 4 aromatic carbocycles. The quantitative estimate of drug-likeness (QED) is 0.127. The van der Waals surface area contributed by atoms with Crippen molar-refractivity contribution in [3.63, 3.8) is 0 Å².